The van der Waals surface area contributed by atoms with Crippen LogP contribution in [-0.2, 0) is 4.74 Å². The maximum atomic E-state index is 11.8. The molecule has 0 aliphatic carbocycles. The second kappa shape index (κ2) is 4.25. The molecule has 2 aliphatic rings. The van der Waals surface area contributed by atoms with Crippen molar-refractivity contribution < 1.29 is 19.0 Å². The second-order valence-electron chi connectivity index (χ2n) is 4.02. The molecule has 5 nitrogen and oxygen atoms in total. The molecule has 3 rings (SSSR count). The van der Waals surface area contributed by atoms with Crippen LogP contribution < -0.4 is 14.8 Å². The Kier molecular flexibility index (Phi) is 2.60. The summed E-state index contributed by atoms with van der Waals surface area (Å²) >= 11 is 0. The third-order valence-corrected chi connectivity index (χ3v) is 2.70. The van der Waals surface area contributed by atoms with Gasteiger partial charge in [0.15, 0.2) is 11.5 Å². The largest absolute Gasteiger partial charge is 0.486 e. The third-order valence-electron chi connectivity index (χ3n) is 2.70. The van der Waals surface area contributed by atoms with Gasteiger partial charge in [-0.05, 0) is 18.2 Å². The minimum atomic E-state index is -0.113. The smallest absolute Gasteiger partial charge is 0.251 e. The minimum Gasteiger partial charge on any atom is -0.486 e. The monoisotopic (exact) mass is 235 g/mol. The van der Waals surface area contributed by atoms with Crippen LogP contribution in [0.15, 0.2) is 18.2 Å². The fourth-order valence-electron chi connectivity index (χ4n) is 1.68. The predicted molar refractivity (Wildman–Crippen MR) is 59.5 cm³/mol. The molecule has 2 aliphatic heterocycles. The summed E-state index contributed by atoms with van der Waals surface area (Å²) < 4.78 is 15.8. The Bertz CT molecular complexity index is 442. The number of ether oxygens (including phenoxy) is 3. The van der Waals surface area contributed by atoms with Crippen LogP contribution in [0.1, 0.15) is 10.4 Å². The lowest BCUT2D eigenvalue weighted by molar-refractivity contribution is 0.0949. The van der Waals surface area contributed by atoms with Crippen molar-refractivity contribution in [3.8, 4) is 11.5 Å². The summed E-state index contributed by atoms with van der Waals surface area (Å²) in [5.74, 6) is 1.21. The standard InChI is InChI=1S/C12H13NO4/c14-12(13-6-9-7-17-9)8-1-2-10-11(5-8)16-4-3-15-10/h1-2,5,9H,3-4,6-7H2,(H,13,14). The molecule has 1 aromatic carbocycles. The molecule has 1 fully saturated rings. The molecule has 0 aromatic heterocycles. The van der Waals surface area contributed by atoms with Crippen LogP contribution in [0.25, 0.3) is 0 Å². The van der Waals surface area contributed by atoms with Crippen molar-refractivity contribution in [3.63, 3.8) is 0 Å². The average molecular weight is 235 g/mol. The van der Waals surface area contributed by atoms with Gasteiger partial charge in [-0.2, -0.15) is 0 Å². The maximum absolute atomic E-state index is 11.8. The lowest BCUT2D eigenvalue weighted by Gasteiger charge is -2.18. The summed E-state index contributed by atoms with van der Waals surface area (Å²) in [6, 6.07) is 5.20. The molecule has 0 bridgehead atoms. The number of benzene rings is 1. The van der Waals surface area contributed by atoms with Gasteiger partial charge in [0.25, 0.3) is 5.91 Å². The van der Waals surface area contributed by atoms with Gasteiger partial charge in [-0.15, -0.1) is 0 Å². The Labute approximate surface area is 98.7 Å². The van der Waals surface area contributed by atoms with E-state index in [2.05, 4.69) is 5.32 Å². The number of epoxide rings is 1. The number of fused-ring (bicyclic) bond motifs is 1. The quantitative estimate of drug-likeness (QED) is 0.779. The minimum absolute atomic E-state index is 0.113. The molecule has 0 spiro atoms. The second-order valence-corrected chi connectivity index (χ2v) is 4.02. The average Bonchev–Trinajstić information content (AvgIpc) is 3.19. The number of carbonyl (C=O) groups excluding carboxylic acids is 1. The zero-order valence-corrected chi connectivity index (χ0v) is 9.27. The summed E-state index contributed by atoms with van der Waals surface area (Å²) in [6.45, 7) is 2.38. The zero-order chi connectivity index (χ0) is 11.7. The van der Waals surface area contributed by atoms with Gasteiger partial charge in [-0.1, -0.05) is 0 Å². The van der Waals surface area contributed by atoms with E-state index in [1.54, 1.807) is 18.2 Å². The van der Waals surface area contributed by atoms with E-state index in [0.29, 0.717) is 36.8 Å². The van der Waals surface area contributed by atoms with Gasteiger partial charge >= 0.3 is 0 Å². The normalized spacial score (nSPS) is 20.8. The van der Waals surface area contributed by atoms with Gasteiger partial charge < -0.3 is 19.5 Å². The van der Waals surface area contributed by atoms with E-state index < -0.39 is 0 Å². The van der Waals surface area contributed by atoms with E-state index in [0.717, 1.165) is 6.61 Å². The highest BCUT2D eigenvalue weighted by molar-refractivity contribution is 5.94. The van der Waals surface area contributed by atoms with Crippen molar-refractivity contribution in [3.05, 3.63) is 23.8 Å². The van der Waals surface area contributed by atoms with Gasteiger partial charge in [0.2, 0.25) is 0 Å². The lowest BCUT2D eigenvalue weighted by atomic mass is 10.2. The number of nitrogens with one attached hydrogen (secondary N) is 1. The number of rotatable bonds is 3. The molecule has 1 aromatic rings. The summed E-state index contributed by atoms with van der Waals surface area (Å²) in [4.78, 5) is 11.8. The molecule has 1 unspecified atom stereocenters. The number of hydrogen-bond donors (Lipinski definition) is 1. The first-order valence-corrected chi connectivity index (χ1v) is 5.62. The molecule has 2 heterocycles. The summed E-state index contributed by atoms with van der Waals surface area (Å²) in [6.07, 6.45) is 0.191. The van der Waals surface area contributed by atoms with Gasteiger partial charge in [0.1, 0.15) is 13.2 Å². The predicted octanol–water partition coefficient (Wildman–Crippen LogP) is 0.586. The van der Waals surface area contributed by atoms with Crippen LogP contribution in [0, 0.1) is 0 Å². The van der Waals surface area contributed by atoms with Crippen LogP contribution in [0.2, 0.25) is 0 Å². The van der Waals surface area contributed by atoms with E-state index in [9.17, 15) is 4.79 Å². The Morgan fingerprint density at radius 1 is 1.29 bits per heavy atom. The summed E-state index contributed by atoms with van der Waals surface area (Å²) in [7, 11) is 0. The third kappa shape index (κ3) is 2.34. The molecule has 1 saturated heterocycles. The Morgan fingerprint density at radius 3 is 2.82 bits per heavy atom. The molecule has 1 atom stereocenters. The molecule has 90 valence electrons. The van der Waals surface area contributed by atoms with E-state index in [-0.39, 0.29) is 12.0 Å². The van der Waals surface area contributed by atoms with Gasteiger partial charge in [0.05, 0.1) is 12.7 Å². The van der Waals surface area contributed by atoms with E-state index in [1.165, 1.54) is 0 Å². The van der Waals surface area contributed by atoms with Crippen LogP contribution in [0.5, 0.6) is 11.5 Å². The van der Waals surface area contributed by atoms with E-state index >= 15 is 0 Å². The highest BCUT2D eigenvalue weighted by Gasteiger charge is 2.23. The van der Waals surface area contributed by atoms with Gasteiger partial charge in [-0.3, -0.25) is 4.79 Å². The molecule has 1 N–H and O–H groups in total. The molecular formula is C12H13NO4. The number of carbonyl (C=O) groups is 1. The summed E-state index contributed by atoms with van der Waals surface area (Å²) in [5.41, 5.74) is 0.579. The molecular weight excluding hydrogens is 222 g/mol. The van der Waals surface area contributed by atoms with Crippen molar-refractivity contribution in [1.82, 2.24) is 5.32 Å². The summed E-state index contributed by atoms with van der Waals surface area (Å²) in [5, 5.41) is 2.81. The van der Waals surface area contributed by atoms with Crippen LogP contribution >= 0.6 is 0 Å². The fraction of sp³-hybridized carbons (Fsp3) is 0.417. The highest BCUT2D eigenvalue weighted by Crippen LogP contribution is 2.30. The van der Waals surface area contributed by atoms with Crippen molar-refractivity contribution in [1.29, 1.82) is 0 Å². The fourth-order valence-corrected chi connectivity index (χ4v) is 1.68. The number of hydrogen-bond acceptors (Lipinski definition) is 4. The molecule has 17 heavy (non-hydrogen) atoms. The first-order valence-electron chi connectivity index (χ1n) is 5.62. The van der Waals surface area contributed by atoms with Crippen molar-refractivity contribution in [2.45, 2.75) is 6.10 Å². The van der Waals surface area contributed by atoms with E-state index in [1.807, 2.05) is 0 Å². The molecule has 0 radical (unpaired) electrons. The Morgan fingerprint density at radius 2 is 2.06 bits per heavy atom. The topological polar surface area (TPSA) is 60.1 Å². The van der Waals surface area contributed by atoms with Crippen LogP contribution in [0.3, 0.4) is 0 Å². The van der Waals surface area contributed by atoms with E-state index in [4.69, 9.17) is 14.2 Å². The maximum Gasteiger partial charge on any atom is 0.251 e. The SMILES string of the molecule is O=C(NCC1CO1)c1ccc2c(c1)OCCO2. The first kappa shape index (κ1) is 10.4. The Hall–Kier alpha value is -1.75. The van der Waals surface area contributed by atoms with Gasteiger partial charge in [0, 0.05) is 12.1 Å². The van der Waals surface area contributed by atoms with Crippen molar-refractivity contribution in [2.24, 2.45) is 0 Å². The lowest BCUT2D eigenvalue weighted by Crippen LogP contribution is -2.27. The van der Waals surface area contributed by atoms with Gasteiger partial charge in [-0.25, -0.2) is 0 Å². The molecule has 1 amide bonds. The van der Waals surface area contributed by atoms with Crippen molar-refractivity contribution in [2.75, 3.05) is 26.4 Å². The highest BCUT2D eigenvalue weighted by atomic mass is 16.6. The van der Waals surface area contributed by atoms with Crippen molar-refractivity contribution >= 4 is 5.91 Å². The zero-order valence-electron chi connectivity index (χ0n) is 9.27. The Balaban J connectivity index is 1.70. The molecule has 5 heteroatoms. The number of amides is 1. The first-order chi connectivity index (χ1) is 8.33. The van der Waals surface area contributed by atoms with Crippen LogP contribution in [0.4, 0.5) is 0 Å². The van der Waals surface area contributed by atoms with Crippen LogP contribution in [-0.4, -0.2) is 38.4 Å². The molecule has 0 saturated carbocycles.